The van der Waals surface area contributed by atoms with Gasteiger partial charge in [0.1, 0.15) is 0 Å². The SMILES string of the molecule is C/C=C\C1C(C)C2(F)C(=O)C(=O)C1(F)C(F)=C2F. The molecule has 0 aromatic carbocycles. The topological polar surface area (TPSA) is 34.1 Å². The number of alkyl halides is 2. The molecule has 3 aliphatic rings. The zero-order chi connectivity index (χ0) is 13.9. The van der Waals surface area contributed by atoms with E-state index in [1.807, 2.05) is 0 Å². The normalized spacial score (nSPS) is 44.3. The first kappa shape index (κ1) is 13.0. The number of halogens is 4. The molecule has 3 aliphatic carbocycles. The summed E-state index contributed by atoms with van der Waals surface area (Å²) in [5.74, 6) is -10.9. The second kappa shape index (κ2) is 3.52. The van der Waals surface area contributed by atoms with Crippen molar-refractivity contribution in [2.45, 2.75) is 25.2 Å². The summed E-state index contributed by atoms with van der Waals surface area (Å²) >= 11 is 0. The minimum atomic E-state index is -3.42. The van der Waals surface area contributed by atoms with Crippen molar-refractivity contribution >= 4 is 11.6 Å². The van der Waals surface area contributed by atoms with Crippen LogP contribution in [0.5, 0.6) is 0 Å². The first-order valence-electron chi connectivity index (χ1n) is 5.40. The van der Waals surface area contributed by atoms with E-state index in [0.717, 1.165) is 13.0 Å². The van der Waals surface area contributed by atoms with E-state index in [1.54, 1.807) is 0 Å². The van der Waals surface area contributed by atoms with Gasteiger partial charge in [-0.3, -0.25) is 9.59 Å². The fourth-order valence-electron chi connectivity index (χ4n) is 2.65. The van der Waals surface area contributed by atoms with Crippen molar-refractivity contribution in [2.75, 3.05) is 0 Å². The Labute approximate surface area is 100 Å². The highest BCUT2D eigenvalue weighted by Gasteiger charge is 2.74. The Morgan fingerprint density at radius 1 is 1.06 bits per heavy atom. The van der Waals surface area contributed by atoms with E-state index in [2.05, 4.69) is 0 Å². The van der Waals surface area contributed by atoms with Crippen LogP contribution in [0.2, 0.25) is 0 Å². The van der Waals surface area contributed by atoms with Crippen LogP contribution in [0.15, 0.2) is 23.8 Å². The van der Waals surface area contributed by atoms with E-state index in [9.17, 15) is 27.2 Å². The smallest absolute Gasteiger partial charge is 0.247 e. The zero-order valence-electron chi connectivity index (χ0n) is 9.64. The van der Waals surface area contributed by atoms with Gasteiger partial charge in [0.05, 0.1) is 0 Å². The van der Waals surface area contributed by atoms with Gasteiger partial charge in [-0.2, -0.15) is 0 Å². The van der Waals surface area contributed by atoms with Crippen LogP contribution < -0.4 is 0 Å². The van der Waals surface area contributed by atoms with Gasteiger partial charge >= 0.3 is 0 Å². The largest absolute Gasteiger partial charge is 0.287 e. The number of carbonyl (C=O) groups is 2. The zero-order valence-corrected chi connectivity index (χ0v) is 9.64. The van der Waals surface area contributed by atoms with E-state index in [-0.39, 0.29) is 0 Å². The molecule has 0 radical (unpaired) electrons. The summed E-state index contributed by atoms with van der Waals surface area (Å²) in [6.45, 7) is 2.54. The lowest BCUT2D eigenvalue weighted by Crippen LogP contribution is -2.68. The van der Waals surface area contributed by atoms with Gasteiger partial charge in [0.15, 0.2) is 11.7 Å². The van der Waals surface area contributed by atoms with Crippen molar-refractivity contribution in [1.82, 2.24) is 0 Å². The Balaban J connectivity index is 2.80. The first-order chi connectivity index (χ1) is 8.23. The third-order valence-electron chi connectivity index (χ3n) is 3.72. The van der Waals surface area contributed by atoms with Crippen LogP contribution in [-0.4, -0.2) is 22.9 Å². The van der Waals surface area contributed by atoms with E-state index in [4.69, 9.17) is 0 Å². The van der Waals surface area contributed by atoms with Gasteiger partial charge < -0.3 is 0 Å². The molecule has 0 aromatic rings. The summed E-state index contributed by atoms with van der Waals surface area (Å²) in [5.41, 5.74) is -6.81. The minimum absolute atomic E-state index is 1.08. The Bertz CT molecular complexity index is 510. The number of Topliss-reactive ketones (excluding diaryl/α,β-unsaturated/α-hetero) is 2. The van der Waals surface area contributed by atoms with Crippen LogP contribution in [0.3, 0.4) is 0 Å². The molecule has 0 aromatic heterocycles. The maximum atomic E-state index is 14.4. The molecule has 0 heterocycles. The standard InChI is InChI=1S/C12H10F4O2/c1-3-4-6-5(2)11(15)7(13)8(14)12(6,16)10(18)9(11)17/h3-6H,1-2H3/b4-3-. The van der Waals surface area contributed by atoms with Gasteiger partial charge in [-0.15, -0.1) is 0 Å². The van der Waals surface area contributed by atoms with Crippen LogP contribution in [0.1, 0.15) is 13.8 Å². The maximum Gasteiger partial charge on any atom is 0.247 e. The molecule has 6 heteroatoms. The van der Waals surface area contributed by atoms with Crippen molar-refractivity contribution in [1.29, 1.82) is 0 Å². The molecule has 2 bridgehead atoms. The molecule has 0 N–H and O–H groups in total. The molecule has 0 amide bonds. The van der Waals surface area contributed by atoms with Gasteiger partial charge in [-0.1, -0.05) is 19.1 Å². The van der Waals surface area contributed by atoms with Gasteiger partial charge in [0.25, 0.3) is 0 Å². The molecule has 1 fully saturated rings. The number of fused-ring (bicyclic) bond motifs is 2. The number of rotatable bonds is 1. The van der Waals surface area contributed by atoms with E-state index in [0.29, 0.717) is 0 Å². The Morgan fingerprint density at radius 3 is 2.00 bits per heavy atom. The summed E-state index contributed by atoms with van der Waals surface area (Å²) in [4.78, 5) is 22.9. The first-order valence-corrected chi connectivity index (χ1v) is 5.40. The molecule has 4 unspecified atom stereocenters. The number of hydrogen-bond acceptors (Lipinski definition) is 2. The quantitative estimate of drug-likeness (QED) is 0.413. The molecule has 0 saturated heterocycles. The number of allylic oxidation sites excluding steroid dienone is 4. The highest BCUT2D eigenvalue weighted by atomic mass is 19.2. The number of ketones is 2. The predicted molar refractivity (Wildman–Crippen MR) is 54.4 cm³/mol. The summed E-state index contributed by atoms with van der Waals surface area (Å²) in [6, 6.07) is 0. The fraction of sp³-hybridized carbons (Fsp3) is 0.500. The molecule has 4 atom stereocenters. The Morgan fingerprint density at radius 2 is 1.50 bits per heavy atom. The molecule has 3 rings (SSSR count). The lowest BCUT2D eigenvalue weighted by Gasteiger charge is -2.48. The van der Waals surface area contributed by atoms with Crippen LogP contribution in [0.4, 0.5) is 17.6 Å². The monoisotopic (exact) mass is 262 g/mol. The van der Waals surface area contributed by atoms with Gasteiger partial charge in [-0.25, -0.2) is 17.6 Å². The second-order valence-electron chi connectivity index (χ2n) is 4.55. The number of hydrogen-bond donors (Lipinski definition) is 0. The highest BCUT2D eigenvalue weighted by molar-refractivity contribution is 6.46. The molecule has 1 saturated carbocycles. The molecule has 98 valence electrons. The lowest BCUT2D eigenvalue weighted by molar-refractivity contribution is -0.166. The molecular weight excluding hydrogens is 252 g/mol. The van der Waals surface area contributed by atoms with Crippen LogP contribution in [0.25, 0.3) is 0 Å². The van der Waals surface area contributed by atoms with Gasteiger partial charge in [0, 0.05) is 11.8 Å². The molecule has 2 nitrogen and oxygen atoms in total. The van der Waals surface area contributed by atoms with Crippen molar-refractivity contribution in [3.8, 4) is 0 Å². The Hall–Kier alpha value is -1.46. The van der Waals surface area contributed by atoms with E-state index >= 15 is 0 Å². The highest BCUT2D eigenvalue weighted by Crippen LogP contribution is 2.57. The van der Waals surface area contributed by atoms with E-state index in [1.165, 1.54) is 13.0 Å². The van der Waals surface area contributed by atoms with Crippen LogP contribution in [0, 0.1) is 11.8 Å². The lowest BCUT2D eigenvalue weighted by atomic mass is 9.57. The Kier molecular flexibility index (Phi) is 2.54. The average molecular weight is 262 g/mol. The van der Waals surface area contributed by atoms with Crippen LogP contribution in [-0.2, 0) is 9.59 Å². The summed E-state index contributed by atoms with van der Waals surface area (Å²) in [5, 5.41) is 0. The summed E-state index contributed by atoms with van der Waals surface area (Å²) in [6.07, 6.45) is 2.38. The maximum absolute atomic E-state index is 14.4. The second-order valence-corrected chi connectivity index (χ2v) is 4.55. The minimum Gasteiger partial charge on any atom is -0.287 e. The van der Waals surface area contributed by atoms with Crippen molar-refractivity contribution in [3.63, 3.8) is 0 Å². The molecule has 0 aliphatic heterocycles. The molecule has 18 heavy (non-hydrogen) atoms. The summed E-state index contributed by atoms with van der Waals surface area (Å²) < 4.78 is 55.8. The predicted octanol–water partition coefficient (Wildman–Crippen LogP) is 2.55. The fourth-order valence-corrected chi connectivity index (χ4v) is 2.65. The van der Waals surface area contributed by atoms with Crippen molar-refractivity contribution < 1.29 is 27.2 Å². The number of carbonyl (C=O) groups excluding carboxylic acids is 2. The average Bonchev–Trinajstić information content (AvgIpc) is 2.35. The van der Waals surface area contributed by atoms with E-state index < -0.39 is 46.4 Å². The van der Waals surface area contributed by atoms with Gasteiger partial charge in [0.2, 0.25) is 22.9 Å². The molecule has 0 spiro atoms. The third kappa shape index (κ3) is 1.09. The summed E-state index contributed by atoms with van der Waals surface area (Å²) in [7, 11) is 0. The van der Waals surface area contributed by atoms with Crippen molar-refractivity contribution in [2.24, 2.45) is 11.8 Å². The van der Waals surface area contributed by atoms with Crippen molar-refractivity contribution in [3.05, 3.63) is 23.8 Å². The third-order valence-corrected chi connectivity index (χ3v) is 3.72. The van der Waals surface area contributed by atoms with Gasteiger partial charge in [-0.05, 0) is 6.92 Å². The van der Waals surface area contributed by atoms with Crippen LogP contribution >= 0.6 is 0 Å². The molecular formula is C12H10F4O2.